The second-order valence-electron chi connectivity index (χ2n) is 7.99. The first-order valence-corrected chi connectivity index (χ1v) is 11.4. The van der Waals surface area contributed by atoms with Crippen LogP contribution in [-0.2, 0) is 26.0 Å². The Kier molecular flexibility index (Phi) is 7.69. The van der Waals surface area contributed by atoms with Crippen molar-refractivity contribution >= 4 is 28.0 Å². The molecule has 2 N–H and O–H groups in total. The Morgan fingerprint density at radius 2 is 1.84 bits per heavy atom. The average Bonchev–Trinajstić information content (AvgIpc) is 3.01. The van der Waals surface area contributed by atoms with E-state index in [2.05, 4.69) is 22.1 Å². The van der Waals surface area contributed by atoms with Gasteiger partial charge in [0.05, 0.1) is 17.0 Å². The van der Waals surface area contributed by atoms with Crippen molar-refractivity contribution in [2.45, 2.75) is 64.4 Å². The second-order valence-corrected chi connectivity index (χ2v) is 9.78. The van der Waals surface area contributed by atoms with Crippen LogP contribution in [0.25, 0.3) is 0 Å². The molecule has 0 radical (unpaired) electrons. The number of carbonyl (C=O) groups excluding carboxylic acids is 1. The molecule has 1 aromatic heterocycles. The molecular weight excluding hydrogens is 434 g/mol. The van der Waals surface area contributed by atoms with Gasteiger partial charge >= 0.3 is 12.1 Å². The normalized spacial score (nSPS) is 11.4. The zero-order chi connectivity index (χ0) is 24.1. The van der Waals surface area contributed by atoms with Crippen LogP contribution in [0.4, 0.5) is 10.7 Å². The summed E-state index contributed by atoms with van der Waals surface area (Å²) >= 11 is 0. The number of ether oxygens (including phenoxy) is 1. The zero-order valence-electron chi connectivity index (χ0n) is 18.7. The van der Waals surface area contributed by atoms with Gasteiger partial charge in [0.1, 0.15) is 11.3 Å². The first-order valence-electron chi connectivity index (χ1n) is 9.99. The van der Waals surface area contributed by atoms with Gasteiger partial charge in [-0.05, 0) is 52.2 Å². The van der Waals surface area contributed by atoms with Gasteiger partial charge in [-0.3, -0.25) is 10.1 Å². The Morgan fingerprint density at radius 1 is 1.22 bits per heavy atom. The van der Waals surface area contributed by atoms with Gasteiger partial charge in [0, 0.05) is 6.42 Å². The number of amides is 1. The summed E-state index contributed by atoms with van der Waals surface area (Å²) in [6.07, 6.45) is -0.696. The number of nitrogens with one attached hydrogen (secondary N) is 1. The van der Waals surface area contributed by atoms with Crippen molar-refractivity contribution in [2.24, 2.45) is 0 Å². The SMILES string of the molecule is CCc1c(C#CCCC(=O)O)nc(NC(=O)OC(C)(C)C)n1S(=O)(=O)c1ccc(C)cc1. The summed E-state index contributed by atoms with van der Waals surface area (Å²) in [6.45, 7) is 8.61. The maximum Gasteiger partial charge on any atom is 0.414 e. The summed E-state index contributed by atoms with van der Waals surface area (Å²) in [4.78, 5) is 27.3. The number of hydrogen-bond acceptors (Lipinski definition) is 6. The predicted octanol–water partition coefficient (Wildman–Crippen LogP) is 3.55. The first-order chi connectivity index (χ1) is 14.8. The molecule has 0 unspecified atom stereocenters. The van der Waals surface area contributed by atoms with E-state index in [0.717, 1.165) is 9.54 Å². The summed E-state index contributed by atoms with van der Waals surface area (Å²) < 4.78 is 33.1. The van der Waals surface area contributed by atoms with Crippen LogP contribution in [-0.4, -0.2) is 40.1 Å². The number of carbonyl (C=O) groups is 2. The Hall–Kier alpha value is -3.32. The molecule has 2 rings (SSSR count). The van der Waals surface area contributed by atoms with E-state index in [1.165, 1.54) is 12.1 Å². The fourth-order valence-corrected chi connectivity index (χ4v) is 4.23. The van der Waals surface area contributed by atoms with Crippen molar-refractivity contribution in [3.63, 3.8) is 0 Å². The van der Waals surface area contributed by atoms with Gasteiger partial charge in [0.15, 0.2) is 0 Å². The Labute approximate surface area is 187 Å². The van der Waals surface area contributed by atoms with E-state index in [9.17, 15) is 18.0 Å². The van der Waals surface area contributed by atoms with Crippen molar-refractivity contribution in [3.05, 3.63) is 41.2 Å². The molecule has 0 aliphatic heterocycles. The Bertz CT molecular complexity index is 1160. The minimum absolute atomic E-state index is 0.0211. The van der Waals surface area contributed by atoms with Crippen LogP contribution < -0.4 is 5.32 Å². The number of hydrogen-bond donors (Lipinski definition) is 2. The van der Waals surface area contributed by atoms with Gasteiger partial charge in [-0.2, -0.15) is 0 Å². The lowest BCUT2D eigenvalue weighted by Crippen LogP contribution is -2.29. The zero-order valence-corrected chi connectivity index (χ0v) is 19.5. The highest BCUT2D eigenvalue weighted by Gasteiger charge is 2.29. The molecule has 1 aromatic carbocycles. The number of aromatic nitrogens is 2. The van der Waals surface area contributed by atoms with Gasteiger partial charge in [0.25, 0.3) is 10.0 Å². The summed E-state index contributed by atoms with van der Waals surface area (Å²) in [6, 6.07) is 6.28. The standard InChI is InChI=1S/C22H27N3O6S/c1-6-18-17(9-7-8-10-19(26)27)23-20(24-21(28)31-22(3,4)5)25(18)32(29,30)16-13-11-15(2)12-14-16/h11-14H,6,8,10H2,1-5H3,(H,26,27)(H,23,24,28). The monoisotopic (exact) mass is 461 g/mol. The molecule has 10 heteroatoms. The van der Waals surface area contributed by atoms with E-state index in [1.807, 2.05) is 6.92 Å². The fourth-order valence-electron chi connectivity index (χ4n) is 2.71. The number of aryl methyl sites for hydroxylation is 1. The first kappa shape index (κ1) is 24.9. The van der Waals surface area contributed by atoms with Crippen molar-refractivity contribution in [2.75, 3.05) is 5.32 Å². The molecule has 0 atom stereocenters. The molecule has 0 bridgehead atoms. The lowest BCUT2D eigenvalue weighted by molar-refractivity contribution is -0.136. The van der Waals surface area contributed by atoms with Crippen molar-refractivity contribution < 1.29 is 27.9 Å². The van der Waals surface area contributed by atoms with Crippen LogP contribution in [0.15, 0.2) is 29.2 Å². The number of anilines is 1. The molecule has 0 fully saturated rings. The number of nitrogens with zero attached hydrogens (tertiary/aromatic N) is 2. The summed E-state index contributed by atoms with van der Waals surface area (Å²) in [7, 11) is -4.12. The topological polar surface area (TPSA) is 128 Å². The third-order valence-electron chi connectivity index (χ3n) is 4.11. The quantitative estimate of drug-likeness (QED) is 0.630. The third kappa shape index (κ3) is 6.34. The van der Waals surface area contributed by atoms with Gasteiger partial charge in [-0.1, -0.05) is 30.5 Å². The molecular formula is C22H27N3O6S. The van der Waals surface area contributed by atoms with Crippen molar-refractivity contribution in [1.29, 1.82) is 0 Å². The van der Waals surface area contributed by atoms with E-state index < -0.39 is 27.7 Å². The molecule has 0 saturated heterocycles. The van der Waals surface area contributed by atoms with E-state index >= 15 is 0 Å². The highest BCUT2D eigenvalue weighted by Crippen LogP contribution is 2.25. The van der Waals surface area contributed by atoms with Gasteiger partial charge < -0.3 is 9.84 Å². The van der Waals surface area contributed by atoms with Crippen LogP contribution >= 0.6 is 0 Å². The number of carboxylic acids is 1. The molecule has 0 spiro atoms. The molecule has 32 heavy (non-hydrogen) atoms. The molecule has 2 aromatic rings. The van der Waals surface area contributed by atoms with Gasteiger partial charge in [-0.25, -0.2) is 22.2 Å². The third-order valence-corrected chi connectivity index (χ3v) is 5.85. The highest BCUT2D eigenvalue weighted by molar-refractivity contribution is 7.90. The molecule has 1 heterocycles. The summed E-state index contributed by atoms with van der Waals surface area (Å²) in [5.74, 6) is 4.18. The maximum absolute atomic E-state index is 13.4. The second kappa shape index (κ2) is 9.87. The van der Waals surface area contributed by atoms with Crippen LogP contribution in [0.1, 0.15) is 57.5 Å². The van der Waals surface area contributed by atoms with E-state index in [0.29, 0.717) is 0 Å². The molecule has 9 nitrogen and oxygen atoms in total. The number of benzene rings is 1. The van der Waals surface area contributed by atoms with Gasteiger partial charge in [0.2, 0.25) is 5.95 Å². The lowest BCUT2D eigenvalue weighted by Gasteiger charge is -2.20. The number of imidazole rings is 1. The smallest absolute Gasteiger partial charge is 0.414 e. The van der Waals surface area contributed by atoms with Crippen molar-refractivity contribution in [3.8, 4) is 11.8 Å². The minimum atomic E-state index is -4.12. The summed E-state index contributed by atoms with van der Waals surface area (Å²) in [5.41, 5.74) is 0.492. The Morgan fingerprint density at radius 3 is 2.38 bits per heavy atom. The van der Waals surface area contributed by atoms with Gasteiger partial charge in [-0.15, -0.1) is 0 Å². The van der Waals surface area contributed by atoms with Crippen LogP contribution in [0, 0.1) is 18.8 Å². The minimum Gasteiger partial charge on any atom is -0.481 e. The highest BCUT2D eigenvalue weighted by atomic mass is 32.2. The number of carboxylic acid groups (broad SMARTS) is 1. The summed E-state index contributed by atoms with van der Waals surface area (Å²) in [5, 5.41) is 11.2. The Balaban J connectivity index is 2.60. The number of rotatable bonds is 6. The average molecular weight is 462 g/mol. The molecule has 172 valence electrons. The molecule has 1 amide bonds. The lowest BCUT2D eigenvalue weighted by atomic mass is 10.2. The van der Waals surface area contributed by atoms with Crippen LogP contribution in [0.2, 0.25) is 0 Å². The van der Waals surface area contributed by atoms with Crippen LogP contribution in [0.3, 0.4) is 0 Å². The largest absolute Gasteiger partial charge is 0.481 e. The van der Waals surface area contributed by atoms with E-state index in [4.69, 9.17) is 9.84 Å². The predicted molar refractivity (Wildman–Crippen MR) is 119 cm³/mol. The molecule has 0 aliphatic rings. The van der Waals surface area contributed by atoms with E-state index in [-0.39, 0.29) is 41.5 Å². The maximum atomic E-state index is 13.4. The molecule has 0 saturated carbocycles. The van der Waals surface area contributed by atoms with Crippen LogP contribution in [0.5, 0.6) is 0 Å². The van der Waals surface area contributed by atoms with E-state index in [1.54, 1.807) is 39.8 Å². The fraction of sp³-hybridized carbons (Fsp3) is 0.409. The number of aliphatic carboxylic acids is 1. The molecule has 0 aliphatic carbocycles. The van der Waals surface area contributed by atoms with Crippen molar-refractivity contribution in [1.82, 2.24) is 8.96 Å².